The highest BCUT2D eigenvalue weighted by molar-refractivity contribution is 6.29. The lowest BCUT2D eigenvalue weighted by atomic mass is 10.3. The maximum atomic E-state index is 11.8. The molecule has 0 spiro atoms. The lowest BCUT2D eigenvalue weighted by Crippen LogP contribution is -2.11. The summed E-state index contributed by atoms with van der Waals surface area (Å²) in [5.74, 6) is 0.0192. The average molecular weight is 282 g/mol. The van der Waals surface area contributed by atoms with Crippen LogP contribution in [-0.2, 0) is 17.9 Å². The summed E-state index contributed by atoms with van der Waals surface area (Å²) in [5.41, 5.74) is 0.342. The summed E-state index contributed by atoms with van der Waals surface area (Å²) in [4.78, 5) is 15.6. The highest BCUT2D eigenvalue weighted by Crippen LogP contribution is 2.09. The molecule has 7 nitrogen and oxygen atoms in total. The third-order valence-corrected chi connectivity index (χ3v) is 2.54. The van der Waals surface area contributed by atoms with Gasteiger partial charge < -0.3 is 4.74 Å². The van der Waals surface area contributed by atoms with Gasteiger partial charge in [-0.05, 0) is 29.0 Å². The molecule has 0 aliphatic rings. The van der Waals surface area contributed by atoms with Gasteiger partial charge in [0.1, 0.15) is 5.15 Å². The largest absolute Gasteiger partial charge is 0.454 e. The number of hydrogen-bond donors (Lipinski definition) is 0. The normalized spacial score (nSPS) is 10.4. The van der Waals surface area contributed by atoms with E-state index in [1.165, 1.54) is 18.3 Å². The van der Waals surface area contributed by atoms with Gasteiger partial charge in [-0.25, -0.2) is 14.5 Å². The zero-order chi connectivity index (χ0) is 13.7. The first-order chi connectivity index (χ1) is 9.20. The van der Waals surface area contributed by atoms with E-state index < -0.39 is 5.97 Å². The molecule has 0 N–H and O–H groups in total. The number of ether oxygens (including phenoxy) is 1. The van der Waals surface area contributed by atoms with E-state index in [0.717, 1.165) is 6.42 Å². The topological polar surface area (TPSA) is 82.8 Å². The van der Waals surface area contributed by atoms with Crippen LogP contribution in [0.5, 0.6) is 0 Å². The van der Waals surface area contributed by atoms with Gasteiger partial charge in [0, 0.05) is 12.7 Å². The summed E-state index contributed by atoms with van der Waals surface area (Å²) < 4.78 is 6.73. The van der Waals surface area contributed by atoms with Crippen molar-refractivity contribution in [3.05, 3.63) is 34.9 Å². The molecule has 100 valence electrons. The molecule has 0 aromatic carbocycles. The third kappa shape index (κ3) is 3.47. The molecular formula is C11H12ClN5O2. The van der Waals surface area contributed by atoms with Crippen LogP contribution in [0.2, 0.25) is 5.15 Å². The highest BCUT2D eigenvalue weighted by atomic mass is 35.5. The zero-order valence-corrected chi connectivity index (χ0v) is 11.0. The second-order valence-corrected chi connectivity index (χ2v) is 4.15. The molecule has 2 aromatic rings. The second kappa shape index (κ2) is 6.24. The van der Waals surface area contributed by atoms with Crippen molar-refractivity contribution in [1.29, 1.82) is 0 Å². The van der Waals surface area contributed by atoms with Gasteiger partial charge in [-0.15, -0.1) is 5.10 Å². The SMILES string of the molecule is CCCn1nnnc1COC(=O)c1ccnc(Cl)c1. The van der Waals surface area contributed by atoms with Crippen molar-refractivity contribution in [2.24, 2.45) is 0 Å². The van der Waals surface area contributed by atoms with Gasteiger partial charge in [0.15, 0.2) is 12.4 Å². The minimum Gasteiger partial charge on any atom is -0.454 e. The summed E-state index contributed by atoms with van der Waals surface area (Å²) in [6.45, 7) is 2.71. The summed E-state index contributed by atoms with van der Waals surface area (Å²) in [6.07, 6.45) is 2.34. The predicted octanol–water partition coefficient (Wildman–Crippen LogP) is 1.49. The molecule has 2 heterocycles. The van der Waals surface area contributed by atoms with Crippen molar-refractivity contribution >= 4 is 17.6 Å². The molecular weight excluding hydrogens is 270 g/mol. The number of pyridine rings is 1. The molecule has 0 atom stereocenters. The smallest absolute Gasteiger partial charge is 0.338 e. The lowest BCUT2D eigenvalue weighted by molar-refractivity contribution is 0.0456. The van der Waals surface area contributed by atoms with Crippen LogP contribution in [0.25, 0.3) is 0 Å². The molecule has 0 saturated carbocycles. The Kier molecular flexibility index (Phi) is 4.40. The summed E-state index contributed by atoms with van der Waals surface area (Å²) in [6, 6.07) is 2.97. The Balaban J connectivity index is 1.98. The van der Waals surface area contributed by atoms with Crippen LogP contribution in [0, 0.1) is 0 Å². The van der Waals surface area contributed by atoms with Gasteiger partial charge >= 0.3 is 5.97 Å². The van der Waals surface area contributed by atoms with Gasteiger partial charge in [-0.2, -0.15) is 0 Å². The second-order valence-electron chi connectivity index (χ2n) is 3.76. The van der Waals surface area contributed by atoms with Crippen LogP contribution in [0.1, 0.15) is 29.5 Å². The number of tetrazole rings is 1. The van der Waals surface area contributed by atoms with E-state index >= 15 is 0 Å². The monoisotopic (exact) mass is 281 g/mol. The molecule has 0 aliphatic carbocycles. The molecule has 0 fully saturated rings. The van der Waals surface area contributed by atoms with Gasteiger partial charge in [-0.3, -0.25) is 0 Å². The van der Waals surface area contributed by atoms with E-state index in [4.69, 9.17) is 16.3 Å². The molecule has 0 aliphatic heterocycles. The quantitative estimate of drug-likeness (QED) is 0.610. The number of halogens is 1. The van der Waals surface area contributed by atoms with E-state index in [2.05, 4.69) is 20.5 Å². The summed E-state index contributed by atoms with van der Waals surface area (Å²) in [7, 11) is 0. The van der Waals surface area contributed by atoms with Crippen molar-refractivity contribution in [2.45, 2.75) is 26.5 Å². The van der Waals surface area contributed by atoms with Gasteiger partial charge in [0.2, 0.25) is 0 Å². The van der Waals surface area contributed by atoms with Crippen LogP contribution in [-0.4, -0.2) is 31.2 Å². The van der Waals surface area contributed by atoms with Gasteiger partial charge in [0.25, 0.3) is 0 Å². The molecule has 8 heteroatoms. The average Bonchev–Trinajstić information content (AvgIpc) is 2.84. The Morgan fingerprint density at radius 1 is 1.53 bits per heavy atom. The maximum absolute atomic E-state index is 11.8. The first kappa shape index (κ1) is 13.4. The Bertz CT molecular complexity index is 572. The Hall–Kier alpha value is -2.02. The first-order valence-corrected chi connectivity index (χ1v) is 6.12. The summed E-state index contributed by atoms with van der Waals surface area (Å²) in [5, 5.41) is 11.4. The number of aromatic nitrogens is 5. The minimum atomic E-state index is -0.490. The maximum Gasteiger partial charge on any atom is 0.338 e. The molecule has 0 bridgehead atoms. The Morgan fingerprint density at radius 3 is 3.11 bits per heavy atom. The minimum absolute atomic E-state index is 0.0196. The first-order valence-electron chi connectivity index (χ1n) is 5.74. The molecule has 19 heavy (non-hydrogen) atoms. The fourth-order valence-electron chi connectivity index (χ4n) is 1.45. The van der Waals surface area contributed by atoms with E-state index in [9.17, 15) is 4.79 Å². The fraction of sp³-hybridized carbons (Fsp3) is 0.364. The number of rotatable bonds is 5. The van der Waals surface area contributed by atoms with Crippen molar-refractivity contribution in [3.63, 3.8) is 0 Å². The molecule has 0 unspecified atom stereocenters. The molecule has 2 rings (SSSR count). The number of carbonyl (C=O) groups is 1. The zero-order valence-electron chi connectivity index (χ0n) is 10.3. The van der Waals surface area contributed by atoms with Crippen molar-refractivity contribution in [3.8, 4) is 0 Å². The number of hydrogen-bond acceptors (Lipinski definition) is 6. The molecule has 0 radical (unpaired) electrons. The standard InChI is InChI=1S/C11H12ClN5O2/c1-2-5-17-10(14-15-16-17)7-19-11(18)8-3-4-13-9(12)6-8/h3-4,6H,2,5,7H2,1H3. The third-order valence-electron chi connectivity index (χ3n) is 2.34. The van der Waals surface area contributed by atoms with Crippen molar-refractivity contribution < 1.29 is 9.53 Å². The van der Waals surface area contributed by atoms with Crippen LogP contribution in [0.15, 0.2) is 18.3 Å². The number of esters is 1. The lowest BCUT2D eigenvalue weighted by Gasteiger charge is -2.05. The number of nitrogens with zero attached hydrogens (tertiary/aromatic N) is 5. The number of aryl methyl sites for hydroxylation is 1. The fourth-order valence-corrected chi connectivity index (χ4v) is 1.63. The van der Waals surface area contributed by atoms with E-state index in [1.54, 1.807) is 4.68 Å². The van der Waals surface area contributed by atoms with Crippen LogP contribution in [0.3, 0.4) is 0 Å². The van der Waals surface area contributed by atoms with Crippen LogP contribution in [0.4, 0.5) is 0 Å². The summed E-state index contributed by atoms with van der Waals surface area (Å²) >= 11 is 5.70. The van der Waals surface area contributed by atoms with E-state index in [0.29, 0.717) is 17.9 Å². The van der Waals surface area contributed by atoms with Gasteiger partial charge in [-0.1, -0.05) is 18.5 Å². The highest BCUT2D eigenvalue weighted by Gasteiger charge is 2.11. The van der Waals surface area contributed by atoms with E-state index in [1.807, 2.05) is 6.92 Å². The predicted molar refractivity (Wildman–Crippen MR) is 66.5 cm³/mol. The molecule has 2 aromatic heterocycles. The van der Waals surface area contributed by atoms with Crippen LogP contribution >= 0.6 is 11.6 Å². The van der Waals surface area contributed by atoms with Crippen LogP contribution < -0.4 is 0 Å². The Morgan fingerprint density at radius 2 is 2.37 bits per heavy atom. The van der Waals surface area contributed by atoms with Crippen molar-refractivity contribution in [2.75, 3.05) is 0 Å². The molecule has 0 saturated heterocycles. The van der Waals surface area contributed by atoms with Gasteiger partial charge in [0.05, 0.1) is 5.56 Å². The van der Waals surface area contributed by atoms with Crippen molar-refractivity contribution in [1.82, 2.24) is 25.2 Å². The van der Waals surface area contributed by atoms with E-state index in [-0.39, 0.29) is 11.8 Å². The Labute approximate surface area is 114 Å². The molecule has 0 amide bonds. The number of carbonyl (C=O) groups excluding carboxylic acids is 1.